The van der Waals surface area contributed by atoms with Crippen LogP contribution in [0.4, 0.5) is 20.4 Å². The van der Waals surface area contributed by atoms with E-state index in [1.165, 1.54) is 45.1 Å². The van der Waals surface area contributed by atoms with Crippen molar-refractivity contribution in [3.63, 3.8) is 0 Å². The highest BCUT2D eigenvalue weighted by atomic mass is 35.5. The van der Waals surface area contributed by atoms with E-state index in [0.717, 1.165) is 54.0 Å². The van der Waals surface area contributed by atoms with Crippen LogP contribution in [0.3, 0.4) is 0 Å². The number of hydrogen-bond donors (Lipinski definition) is 2. The van der Waals surface area contributed by atoms with Gasteiger partial charge in [0.15, 0.2) is 34.7 Å². The number of nitrogens with one attached hydrogen (secondary N) is 2. The van der Waals surface area contributed by atoms with E-state index in [1.54, 1.807) is 12.1 Å². The van der Waals surface area contributed by atoms with Gasteiger partial charge in [0.25, 0.3) is 10.0 Å². The molecule has 0 bridgehead atoms. The van der Waals surface area contributed by atoms with Crippen LogP contribution in [0.5, 0.6) is 0 Å². The van der Waals surface area contributed by atoms with Gasteiger partial charge in [0.1, 0.15) is 6.33 Å². The summed E-state index contributed by atoms with van der Waals surface area (Å²) in [5, 5.41) is 6.54. The standard InChI is InChI=1S/C27H29FN6O4S.C14H19ClFN3O2/c1-4-27(26(35)38-3)12-6-5-7-22(27)32-24-21(28)14-30-23(33-24)20-15-34(25-19(20)13-29-16-31-25)39(36,37)18-10-8-17(2)9-11-18;1-3-14(12(20)21-2)7-5-4-6-10(14)18-11-9(16)8-17-13(15)19-11/h8-11,13-16,22H,4-7,12H2,1-3H3,(H,30,32,33);8,10H,3-7H2,1-2H3,(H,17,18,19)/t22-,27-;10-,14-/m10/s1. The molecule has 0 radical (unpaired) electrons. The van der Waals surface area contributed by atoms with Crippen molar-refractivity contribution in [3.05, 3.63) is 77.9 Å². The van der Waals surface area contributed by atoms with Crippen LogP contribution in [0, 0.1) is 29.4 Å². The summed E-state index contributed by atoms with van der Waals surface area (Å²) in [6, 6.07) is 5.85. The number of esters is 2. The first-order chi connectivity index (χ1) is 28.7. The van der Waals surface area contributed by atoms with Gasteiger partial charge in [0, 0.05) is 35.4 Å². The summed E-state index contributed by atoms with van der Waals surface area (Å²) in [5.41, 5.74) is -0.0760. The van der Waals surface area contributed by atoms with Crippen LogP contribution in [0.25, 0.3) is 22.4 Å². The summed E-state index contributed by atoms with van der Waals surface area (Å²) in [7, 11) is -1.27. The fourth-order valence-electron chi connectivity index (χ4n) is 8.43. The quantitative estimate of drug-likeness (QED) is 0.0969. The summed E-state index contributed by atoms with van der Waals surface area (Å²) in [4.78, 5) is 49.5. The normalized spacial score (nSPS) is 21.7. The third-order valence-electron chi connectivity index (χ3n) is 11.8. The third kappa shape index (κ3) is 8.62. The predicted octanol–water partition coefficient (Wildman–Crippen LogP) is 7.69. The summed E-state index contributed by atoms with van der Waals surface area (Å²) in [6.07, 6.45) is 13.7. The van der Waals surface area contributed by atoms with Crippen molar-refractivity contribution < 1.29 is 36.3 Å². The summed E-state index contributed by atoms with van der Waals surface area (Å²) in [6.45, 7) is 5.73. The number of rotatable bonds is 11. The molecule has 60 heavy (non-hydrogen) atoms. The number of benzene rings is 1. The summed E-state index contributed by atoms with van der Waals surface area (Å²) >= 11 is 5.71. The van der Waals surface area contributed by atoms with Gasteiger partial charge in [0.05, 0.1) is 42.3 Å². The van der Waals surface area contributed by atoms with Gasteiger partial charge in [-0.25, -0.2) is 46.1 Å². The zero-order valence-corrected chi connectivity index (χ0v) is 35.6. The Labute approximate surface area is 352 Å². The van der Waals surface area contributed by atoms with Gasteiger partial charge in [-0.3, -0.25) is 9.59 Å². The number of carbonyl (C=O) groups is 2. The molecular formula is C41H48ClF2N9O6S. The minimum Gasteiger partial charge on any atom is -0.469 e. The molecule has 0 aliphatic heterocycles. The second-order valence-electron chi connectivity index (χ2n) is 15.0. The van der Waals surface area contributed by atoms with Gasteiger partial charge in [-0.05, 0) is 69.2 Å². The van der Waals surface area contributed by atoms with E-state index in [-0.39, 0.29) is 51.3 Å². The van der Waals surface area contributed by atoms with Crippen LogP contribution in [0.15, 0.2) is 60.3 Å². The number of methoxy groups -OCH3 is 2. The van der Waals surface area contributed by atoms with Crippen molar-refractivity contribution in [1.29, 1.82) is 0 Å². The highest BCUT2D eigenvalue weighted by molar-refractivity contribution is 7.90. The Kier molecular flexibility index (Phi) is 13.6. The van der Waals surface area contributed by atoms with E-state index in [2.05, 4.69) is 40.5 Å². The molecule has 5 aromatic rings. The number of anilines is 2. The van der Waals surface area contributed by atoms with Crippen LogP contribution in [-0.2, 0) is 29.1 Å². The minimum absolute atomic E-state index is 0.0311. The van der Waals surface area contributed by atoms with E-state index >= 15 is 4.39 Å². The van der Waals surface area contributed by atoms with Crippen LogP contribution in [0.2, 0.25) is 5.28 Å². The first-order valence-electron chi connectivity index (χ1n) is 19.8. The first-order valence-corrected chi connectivity index (χ1v) is 21.6. The number of carbonyl (C=O) groups excluding carboxylic acids is 2. The lowest BCUT2D eigenvalue weighted by Gasteiger charge is -2.41. The molecule has 15 nitrogen and oxygen atoms in total. The van der Waals surface area contributed by atoms with Crippen LogP contribution < -0.4 is 10.6 Å². The van der Waals surface area contributed by atoms with E-state index in [9.17, 15) is 22.4 Å². The van der Waals surface area contributed by atoms with Gasteiger partial charge < -0.3 is 20.1 Å². The van der Waals surface area contributed by atoms with Gasteiger partial charge >= 0.3 is 11.9 Å². The molecule has 0 spiro atoms. The van der Waals surface area contributed by atoms with Gasteiger partial charge in [0.2, 0.25) is 5.28 Å². The molecule has 0 saturated heterocycles. The van der Waals surface area contributed by atoms with E-state index in [4.69, 9.17) is 21.1 Å². The van der Waals surface area contributed by atoms with E-state index in [1.807, 2.05) is 20.8 Å². The van der Waals surface area contributed by atoms with Crippen LogP contribution in [-0.4, -0.2) is 80.5 Å². The molecule has 2 aliphatic carbocycles. The van der Waals surface area contributed by atoms with Crippen molar-refractivity contribution in [2.75, 3.05) is 24.9 Å². The molecule has 2 aliphatic rings. The smallest absolute Gasteiger partial charge is 0.313 e. The predicted molar refractivity (Wildman–Crippen MR) is 221 cm³/mol. The lowest BCUT2D eigenvalue weighted by Crippen LogP contribution is -2.49. The molecular weight excluding hydrogens is 820 g/mol. The second-order valence-corrected chi connectivity index (χ2v) is 17.2. The number of aromatic nitrogens is 7. The van der Waals surface area contributed by atoms with Gasteiger partial charge in [-0.2, -0.15) is 4.98 Å². The fourth-order valence-corrected chi connectivity index (χ4v) is 9.88. The Morgan fingerprint density at radius 2 is 1.38 bits per heavy atom. The molecule has 2 fully saturated rings. The fraction of sp³-hybridized carbons (Fsp3) is 0.463. The van der Waals surface area contributed by atoms with Gasteiger partial charge in [-0.15, -0.1) is 0 Å². The number of ether oxygens (including phenoxy) is 2. The molecule has 19 heteroatoms. The Hall–Kier alpha value is -5.36. The maximum atomic E-state index is 15.0. The number of fused-ring (bicyclic) bond motifs is 1. The summed E-state index contributed by atoms with van der Waals surface area (Å²) in [5.74, 6) is -1.82. The third-order valence-corrected chi connectivity index (χ3v) is 13.7. The molecule has 0 unspecified atom stereocenters. The summed E-state index contributed by atoms with van der Waals surface area (Å²) < 4.78 is 67.0. The SMILES string of the molecule is CC[C@@]1(C(=O)OC)CCCC[C@H]1Nc1nc(-c2cn(S(=O)(=O)c3ccc(C)cc3)c3ncncc23)ncc1F.CC[C@]1(C(=O)OC)CCCC[C@@H]1Nc1nc(Cl)ncc1F. The Morgan fingerprint density at radius 3 is 1.93 bits per heavy atom. The monoisotopic (exact) mass is 867 g/mol. The van der Waals surface area contributed by atoms with Crippen molar-refractivity contribution in [2.24, 2.45) is 10.8 Å². The number of aryl methyl sites for hydroxylation is 1. The highest BCUT2D eigenvalue weighted by Crippen LogP contribution is 2.43. The maximum absolute atomic E-state index is 15.0. The molecule has 0 amide bonds. The van der Waals surface area contributed by atoms with Crippen molar-refractivity contribution in [1.82, 2.24) is 33.9 Å². The zero-order valence-electron chi connectivity index (χ0n) is 34.0. The number of hydrogen-bond acceptors (Lipinski definition) is 14. The lowest BCUT2D eigenvalue weighted by molar-refractivity contribution is -0.156. The van der Waals surface area contributed by atoms with Crippen molar-refractivity contribution >= 4 is 56.2 Å². The van der Waals surface area contributed by atoms with E-state index in [0.29, 0.717) is 43.1 Å². The van der Waals surface area contributed by atoms with Crippen LogP contribution in [0.1, 0.15) is 83.6 Å². The average Bonchev–Trinajstić information content (AvgIpc) is 3.66. The largest absolute Gasteiger partial charge is 0.469 e. The average molecular weight is 868 g/mol. The minimum atomic E-state index is -4.01. The zero-order chi connectivity index (χ0) is 43.2. The molecule has 2 saturated carbocycles. The first kappa shape index (κ1) is 44.2. The molecule has 4 atom stereocenters. The Bertz CT molecular complexity index is 2460. The van der Waals surface area contributed by atoms with Crippen molar-refractivity contribution in [2.45, 2.75) is 102 Å². The molecule has 1 aromatic carbocycles. The van der Waals surface area contributed by atoms with E-state index < -0.39 is 38.5 Å². The molecule has 2 N–H and O–H groups in total. The molecule has 7 rings (SSSR count). The Balaban J connectivity index is 0.000000243. The van der Waals surface area contributed by atoms with Gasteiger partial charge in [-0.1, -0.05) is 57.2 Å². The van der Waals surface area contributed by atoms with Crippen LogP contribution >= 0.6 is 11.6 Å². The highest BCUT2D eigenvalue weighted by Gasteiger charge is 2.48. The maximum Gasteiger partial charge on any atom is 0.313 e. The lowest BCUT2D eigenvalue weighted by atomic mass is 9.68. The molecule has 4 heterocycles. The second kappa shape index (κ2) is 18.5. The van der Waals surface area contributed by atoms with Crippen molar-refractivity contribution in [3.8, 4) is 11.4 Å². The molecule has 4 aromatic heterocycles. The molecule has 320 valence electrons. The number of halogens is 3. The Morgan fingerprint density at radius 1 is 0.833 bits per heavy atom. The topological polar surface area (TPSA) is 193 Å². The number of nitrogens with zero attached hydrogens (tertiary/aromatic N) is 7.